The highest BCUT2D eigenvalue weighted by atomic mass is 19.1. The molecule has 0 heterocycles. The molecule has 0 bridgehead atoms. The maximum atomic E-state index is 13.9. The van der Waals surface area contributed by atoms with Crippen molar-refractivity contribution < 1.29 is 13.6 Å². The Labute approximate surface area is 114 Å². The van der Waals surface area contributed by atoms with Gasteiger partial charge in [0.25, 0.3) is 0 Å². The van der Waals surface area contributed by atoms with Gasteiger partial charge in [0.2, 0.25) is 5.91 Å². The summed E-state index contributed by atoms with van der Waals surface area (Å²) >= 11 is 0. The van der Waals surface area contributed by atoms with E-state index in [4.69, 9.17) is 0 Å². The number of carbonyl (C=O) groups excluding carboxylic acids is 1. The van der Waals surface area contributed by atoms with Crippen LogP contribution in [0.1, 0.15) is 0 Å². The average molecular weight is 274 g/mol. The Morgan fingerprint density at radius 2 is 1.70 bits per heavy atom. The van der Waals surface area contributed by atoms with Gasteiger partial charge in [0, 0.05) is 11.4 Å². The van der Waals surface area contributed by atoms with E-state index in [0.29, 0.717) is 11.4 Å². The number of amides is 1. The van der Waals surface area contributed by atoms with Gasteiger partial charge in [0.1, 0.15) is 11.6 Å². The molecule has 0 saturated heterocycles. The van der Waals surface area contributed by atoms with Crippen LogP contribution in [0.4, 0.5) is 25.8 Å². The molecule has 2 aromatic carbocycles. The van der Waals surface area contributed by atoms with E-state index in [2.05, 4.69) is 17.2 Å². The molecule has 0 aliphatic heterocycles. The zero-order valence-corrected chi connectivity index (χ0v) is 10.5. The fourth-order valence-electron chi connectivity index (χ4n) is 1.58. The van der Waals surface area contributed by atoms with Gasteiger partial charge in [-0.1, -0.05) is 6.58 Å². The monoisotopic (exact) mass is 274 g/mol. The molecule has 3 nitrogen and oxygen atoms in total. The molecule has 0 fully saturated rings. The first-order valence-electron chi connectivity index (χ1n) is 5.84. The normalized spacial score (nSPS) is 9.90. The second kappa shape index (κ2) is 5.97. The van der Waals surface area contributed by atoms with E-state index in [1.807, 2.05) is 0 Å². The Balaban J connectivity index is 2.15. The number of nitrogens with one attached hydrogen (secondary N) is 2. The number of carbonyl (C=O) groups is 1. The van der Waals surface area contributed by atoms with Crippen molar-refractivity contribution in [3.8, 4) is 0 Å². The van der Waals surface area contributed by atoms with Crippen LogP contribution in [0.3, 0.4) is 0 Å². The lowest BCUT2D eigenvalue weighted by atomic mass is 10.2. The summed E-state index contributed by atoms with van der Waals surface area (Å²) in [5.41, 5.74) is 1.12. The minimum absolute atomic E-state index is 0.230. The van der Waals surface area contributed by atoms with Crippen molar-refractivity contribution in [1.82, 2.24) is 0 Å². The predicted molar refractivity (Wildman–Crippen MR) is 74.9 cm³/mol. The van der Waals surface area contributed by atoms with Crippen LogP contribution in [0, 0.1) is 11.6 Å². The molecule has 0 aromatic heterocycles. The van der Waals surface area contributed by atoms with Gasteiger partial charge in [-0.25, -0.2) is 8.78 Å². The second-order valence-electron chi connectivity index (χ2n) is 4.02. The van der Waals surface area contributed by atoms with E-state index >= 15 is 0 Å². The molecule has 1 amide bonds. The third kappa shape index (κ3) is 3.41. The van der Waals surface area contributed by atoms with Crippen LogP contribution in [-0.4, -0.2) is 5.91 Å². The van der Waals surface area contributed by atoms with Crippen molar-refractivity contribution in [1.29, 1.82) is 0 Å². The van der Waals surface area contributed by atoms with E-state index in [1.54, 1.807) is 6.07 Å². The highest BCUT2D eigenvalue weighted by molar-refractivity contribution is 5.98. The number of anilines is 3. The predicted octanol–water partition coefficient (Wildman–Crippen LogP) is 3.83. The van der Waals surface area contributed by atoms with E-state index in [-0.39, 0.29) is 11.5 Å². The van der Waals surface area contributed by atoms with Crippen LogP contribution in [0.5, 0.6) is 0 Å². The van der Waals surface area contributed by atoms with Crippen molar-refractivity contribution in [3.05, 3.63) is 66.8 Å². The Morgan fingerprint density at radius 3 is 2.30 bits per heavy atom. The van der Waals surface area contributed by atoms with E-state index in [0.717, 1.165) is 6.08 Å². The summed E-state index contributed by atoms with van der Waals surface area (Å²) in [5.74, 6) is -1.31. The molecule has 0 atom stereocenters. The van der Waals surface area contributed by atoms with Gasteiger partial charge in [-0.15, -0.1) is 0 Å². The molecule has 0 saturated carbocycles. The van der Waals surface area contributed by atoms with Gasteiger partial charge in [0.15, 0.2) is 0 Å². The number of rotatable bonds is 4. The van der Waals surface area contributed by atoms with Crippen LogP contribution < -0.4 is 10.6 Å². The summed E-state index contributed by atoms with van der Waals surface area (Å²) in [4.78, 5) is 11.1. The first-order valence-corrected chi connectivity index (χ1v) is 5.84. The standard InChI is InChI=1S/C15H12F2N2O/c1-2-15(20)19-12-7-8-14(13(17)9-12)18-11-5-3-10(16)4-6-11/h2-9,18H,1H2,(H,19,20). The summed E-state index contributed by atoms with van der Waals surface area (Å²) in [6.07, 6.45) is 1.10. The number of halogens is 2. The van der Waals surface area contributed by atoms with Crippen molar-refractivity contribution in [3.63, 3.8) is 0 Å². The zero-order chi connectivity index (χ0) is 14.5. The molecule has 20 heavy (non-hydrogen) atoms. The van der Waals surface area contributed by atoms with Crippen molar-refractivity contribution in [2.45, 2.75) is 0 Å². The fourth-order valence-corrected chi connectivity index (χ4v) is 1.58. The molecular formula is C15H12F2N2O. The number of hydrogen-bond acceptors (Lipinski definition) is 2. The molecule has 0 unspecified atom stereocenters. The highest BCUT2D eigenvalue weighted by Gasteiger charge is 2.05. The zero-order valence-electron chi connectivity index (χ0n) is 10.5. The third-order valence-electron chi connectivity index (χ3n) is 2.55. The Morgan fingerprint density at radius 1 is 1.05 bits per heavy atom. The van der Waals surface area contributed by atoms with Gasteiger partial charge in [-0.05, 0) is 48.5 Å². The Bertz CT molecular complexity index is 639. The van der Waals surface area contributed by atoms with Crippen molar-refractivity contribution in [2.75, 3.05) is 10.6 Å². The van der Waals surface area contributed by atoms with E-state index in [9.17, 15) is 13.6 Å². The third-order valence-corrected chi connectivity index (χ3v) is 2.55. The van der Waals surface area contributed by atoms with Crippen LogP contribution in [0.25, 0.3) is 0 Å². The first kappa shape index (κ1) is 13.7. The van der Waals surface area contributed by atoms with Gasteiger partial charge in [-0.2, -0.15) is 0 Å². The molecule has 0 aliphatic rings. The van der Waals surface area contributed by atoms with Gasteiger partial charge >= 0.3 is 0 Å². The maximum Gasteiger partial charge on any atom is 0.247 e. The molecule has 2 aromatic rings. The Kier molecular flexibility index (Phi) is 4.10. The first-order chi connectivity index (χ1) is 9.58. The highest BCUT2D eigenvalue weighted by Crippen LogP contribution is 2.23. The molecule has 0 spiro atoms. The minimum atomic E-state index is -0.531. The lowest BCUT2D eigenvalue weighted by Gasteiger charge is -2.09. The average Bonchev–Trinajstić information content (AvgIpc) is 2.44. The lowest BCUT2D eigenvalue weighted by molar-refractivity contribution is -0.111. The smallest absolute Gasteiger partial charge is 0.247 e. The van der Waals surface area contributed by atoms with Gasteiger partial charge in [0.05, 0.1) is 5.69 Å². The largest absolute Gasteiger partial charge is 0.353 e. The minimum Gasteiger partial charge on any atom is -0.353 e. The SMILES string of the molecule is C=CC(=O)Nc1ccc(Nc2ccc(F)cc2)c(F)c1. The summed E-state index contributed by atoms with van der Waals surface area (Å²) in [6.45, 7) is 3.31. The Hall–Kier alpha value is -2.69. The van der Waals surface area contributed by atoms with Crippen LogP contribution >= 0.6 is 0 Å². The second-order valence-corrected chi connectivity index (χ2v) is 4.02. The lowest BCUT2D eigenvalue weighted by Crippen LogP contribution is -2.07. The molecule has 5 heteroatoms. The van der Waals surface area contributed by atoms with Crippen molar-refractivity contribution in [2.24, 2.45) is 0 Å². The van der Waals surface area contributed by atoms with Crippen LogP contribution in [-0.2, 0) is 4.79 Å². The molecular weight excluding hydrogens is 262 g/mol. The number of hydrogen-bond donors (Lipinski definition) is 2. The van der Waals surface area contributed by atoms with E-state index in [1.165, 1.54) is 36.4 Å². The molecule has 2 rings (SSSR count). The van der Waals surface area contributed by atoms with Gasteiger partial charge in [-0.3, -0.25) is 4.79 Å². The summed E-state index contributed by atoms with van der Waals surface area (Å²) in [7, 11) is 0. The van der Waals surface area contributed by atoms with Crippen LogP contribution in [0.15, 0.2) is 55.1 Å². The molecule has 0 radical (unpaired) electrons. The van der Waals surface area contributed by atoms with Crippen LogP contribution in [0.2, 0.25) is 0 Å². The van der Waals surface area contributed by atoms with E-state index < -0.39 is 11.7 Å². The molecule has 102 valence electrons. The maximum absolute atomic E-state index is 13.9. The summed E-state index contributed by atoms with van der Waals surface area (Å²) in [6, 6.07) is 9.78. The fraction of sp³-hybridized carbons (Fsp3) is 0. The molecule has 2 N–H and O–H groups in total. The topological polar surface area (TPSA) is 41.1 Å². The van der Waals surface area contributed by atoms with Crippen molar-refractivity contribution >= 4 is 23.0 Å². The number of benzene rings is 2. The van der Waals surface area contributed by atoms with Gasteiger partial charge < -0.3 is 10.6 Å². The molecule has 0 aliphatic carbocycles. The quantitative estimate of drug-likeness (QED) is 0.832. The summed E-state index contributed by atoms with van der Waals surface area (Å²) in [5, 5.41) is 5.28. The summed E-state index contributed by atoms with van der Waals surface area (Å²) < 4.78 is 26.6.